The minimum atomic E-state index is -4.59. The van der Waals surface area contributed by atoms with Gasteiger partial charge in [0, 0.05) is 51.3 Å². The molecule has 0 aliphatic carbocycles. The summed E-state index contributed by atoms with van der Waals surface area (Å²) in [5.74, 6) is -0.0293. The van der Waals surface area contributed by atoms with Crippen LogP contribution in [-0.4, -0.2) is 54.6 Å². The van der Waals surface area contributed by atoms with Crippen LogP contribution in [-0.2, 0) is 28.0 Å². The van der Waals surface area contributed by atoms with Crippen molar-refractivity contribution in [3.63, 3.8) is 0 Å². The second-order valence-electron chi connectivity index (χ2n) is 8.28. The number of imidazole rings is 1. The number of aromatic nitrogens is 2. The van der Waals surface area contributed by atoms with E-state index in [0.29, 0.717) is 13.2 Å². The lowest BCUT2D eigenvalue weighted by Gasteiger charge is -2.31. The van der Waals surface area contributed by atoms with Gasteiger partial charge >= 0.3 is 6.18 Å². The van der Waals surface area contributed by atoms with Crippen LogP contribution in [0.15, 0.2) is 35.7 Å². The van der Waals surface area contributed by atoms with E-state index in [4.69, 9.17) is 16.3 Å². The van der Waals surface area contributed by atoms with Crippen LogP contribution in [0, 0.1) is 11.8 Å². The lowest BCUT2D eigenvalue weighted by molar-refractivity contribution is -0.137. The van der Waals surface area contributed by atoms with Crippen LogP contribution in [0.2, 0.25) is 5.02 Å². The van der Waals surface area contributed by atoms with Crippen LogP contribution in [0.25, 0.3) is 0 Å². The summed E-state index contributed by atoms with van der Waals surface area (Å²) in [4.78, 5) is 3.98. The van der Waals surface area contributed by atoms with E-state index < -0.39 is 21.8 Å². The predicted molar refractivity (Wildman–Crippen MR) is 113 cm³/mol. The average molecular weight is 493 g/mol. The first-order valence-electron chi connectivity index (χ1n) is 10.2. The second kappa shape index (κ2) is 8.85. The molecule has 176 valence electrons. The van der Waals surface area contributed by atoms with Gasteiger partial charge < -0.3 is 14.6 Å². The maximum atomic E-state index is 13.3. The Morgan fingerprint density at radius 1 is 1.28 bits per heavy atom. The molecule has 3 atom stereocenters. The van der Waals surface area contributed by atoms with Gasteiger partial charge in [0.2, 0.25) is 0 Å². The van der Waals surface area contributed by atoms with Gasteiger partial charge in [-0.05, 0) is 42.9 Å². The molecule has 2 aliphatic heterocycles. The van der Waals surface area contributed by atoms with Crippen LogP contribution < -0.4 is 5.32 Å². The molecule has 4 rings (SSSR count). The number of nitrogens with one attached hydrogen (secondary N) is 1. The van der Waals surface area contributed by atoms with Gasteiger partial charge in [-0.1, -0.05) is 11.6 Å². The molecule has 2 saturated heterocycles. The molecular formula is C20H24ClF3N4O3S. The van der Waals surface area contributed by atoms with Crippen molar-refractivity contribution in [3.05, 3.63) is 41.3 Å². The molecule has 0 unspecified atom stereocenters. The molecule has 12 heteroatoms. The molecule has 0 radical (unpaired) electrons. The molecule has 0 bridgehead atoms. The first-order valence-corrected chi connectivity index (χ1v) is 12.1. The zero-order chi connectivity index (χ0) is 23.1. The number of aryl methyl sites for hydroxylation is 1. The van der Waals surface area contributed by atoms with E-state index in [0.717, 1.165) is 18.9 Å². The molecule has 1 aromatic carbocycles. The Morgan fingerprint density at radius 2 is 2.06 bits per heavy atom. The van der Waals surface area contributed by atoms with Gasteiger partial charge in [0.15, 0.2) is 5.03 Å². The Kier molecular flexibility index (Phi) is 6.45. The highest BCUT2D eigenvalue weighted by molar-refractivity contribution is 7.89. The van der Waals surface area contributed by atoms with Crippen LogP contribution in [0.5, 0.6) is 0 Å². The molecule has 2 aromatic rings. The fourth-order valence-electron chi connectivity index (χ4n) is 4.42. The van der Waals surface area contributed by atoms with E-state index in [1.54, 1.807) is 11.6 Å². The maximum absolute atomic E-state index is 13.3. The van der Waals surface area contributed by atoms with Crippen LogP contribution in [0.1, 0.15) is 18.4 Å². The molecule has 2 fully saturated rings. The topological polar surface area (TPSA) is 76.5 Å². The van der Waals surface area contributed by atoms with E-state index in [2.05, 4.69) is 10.3 Å². The van der Waals surface area contributed by atoms with E-state index in [1.165, 1.54) is 29.0 Å². The Morgan fingerprint density at radius 3 is 2.69 bits per heavy atom. The maximum Gasteiger partial charge on any atom is 0.417 e. The molecule has 2 aliphatic rings. The van der Waals surface area contributed by atoms with Gasteiger partial charge in [-0.3, -0.25) is 0 Å². The van der Waals surface area contributed by atoms with Crippen molar-refractivity contribution < 1.29 is 26.3 Å². The summed E-state index contributed by atoms with van der Waals surface area (Å²) in [6.07, 6.45) is -0.00859. The number of alkyl halides is 3. The van der Waals surface area contributed by atoms with E-state index in [1.807, 2.05) is 0 Å². The Labute approximate surface area is 189 Å². The average Bonchev–Trinajstić information content (AvgIpc) is 3.36. The van der Waals surface area contributed by atoms with Gasteiger partial charge in [0.25, 0.3) is 10.0 Å². The fourth-order valence-corrected chi connectivity index (χ4v) is 6.12. The van der Waals surface area contributed by atoms with Crippen molar-refractivity contribution in [1.82, 2.24) is 13.9 Å². The highest BCUT2D eigenvalue weighted by Crippen LogP contribution is 2.38. The van der Waals surface area contributed by atoms with Crippen molar-refractivity contribution in [1.29, 1.82) is 0 Å². The third-order valence-electron chi connectivity index (χ3n) is 6.04. The van der Waals surface area contributed by atoms with Crippen molar-refractivity contribution in [2.75, 3.05) is 31.6 Å². The Balaban J connectivity index is 1.61. The number of halogens is 4. The summed E-state index contributed by atoms with van der Waals surface area (Å²) in [6.45, 7) is 1.51. The van der Waals surface area contributed by atoms with Crippen molar-refractivity contribution >= 4 is 27.3 Å². The monoisotopic (exact) mass is 492 g/mol. The molecule has 0 amide bonds. The summed E-state index contributed by atoms with van der Waals surface area (Å²) in [6, 6.07) is 3.25. The van der Waals surface area contributed by atoms with E-state index >= 15 is 0 Å². The summed E-state index contributed by atoms with van der Waals surface area (Å²) in [5, 5.41) is 2.71. The van der Waals surface area contributed by atoms with E-state index in [9.17, 15) is 21.6 Å². The number of benzene rings is 1. The first-order chi connectivity index (χ1) is 15.1. The van der Waals surface area contributed by atoms with Crippen LogP contribution in [0.4, 0.5) is 18.9 Å². The second-order valence-corrected chi connectivity index (χ2v) is 10.6. The predicted octanol–water partition coefficient (Wildman–Crippen LogP) is 3.62. The summed E-state index contributed by atoms with van der Waals surface area (Å²) >= 11 is 5.74. The highest BCUT2D eigenvalue weighted by atomic mass is 35.5. The van der Waals surface area contributed by atoms with Gasteiger partial charge in [-0.25, -0.2) is 13.4 Å². The first kappa shape index (κ1) is 23.3. The molecular weight excluding hydrogens is 469 g/mol. The summed E-state index contributed by atoms with van der Waals surface area (Å²) < 4.78 is 74.6. The van der Waals surface area contributed by atoms with Crippen molar-refractivity contribution in [3.8, 4) is 0 Å². The van der Waals surface area contributed by atoms with Gasteiger partial charge in [0.1, 0.15) is 0 Å². The number of anilines is 1. The number of ether oxygens (including phenoxy) is 1. The van der Waals surface area contributed by atoms with Gasteiger partial charge in [-0.15, -0.1) is 0 Å². The lowest BCUT2D eigenvalue weighted by atomic mass is 9.84. The van der Waals surface area contributed by atoms with Gasteiger partial charge in [-0.2, -0.15) is 17.5 Å². The molecule has 3 heterocycles. The molecule has 7 nitrogen and oxygen atoms in total. The van der Waals surface area contributed by atoms with Crippen molar-refractivity contribution in [2.45, 2.75) is 30.1 Å². The smallest absolute Gasteiger partial charge is 0.381 e. The normalized spacial score (nSPS) is 25.2. The third-order valence-corrected chi connectivity index (χ3v) is 8.09. The molecule has 32 heavy (non-hydrogen) atoms. The largest absolute Gasteiger partial charge is 0.417 e. The van der Waals surface area contributed by atoms with E-state index in [-0.39, 0.29) is 46.7 Å². The Hall–Kier alpha value is -1.82. The molecule has 0 spiro atoms. The van der Waals surface area contributed by atoms with Crippen molar-refractivity contribution in [2.24, 2.45) is 18.9 Å². The van der Waals surface area contributed by atoms with Crippen LogP contribution >= 0.6 is 11.6 Å². The number of sulfonamides is 1. The Bertz CT molecular complexity index is 1070. The molecule has 1 N–H and O–H groups in total. The quantitative estimate of drug-likeness (QED) is 0.690. The highest BCUT2D eigenvalue weighted by Gasteiger charge is 2.44. The number of nitrogens with zero attached hydrogens (tertiary/aromatic N) is 3. The minimum Gasteiger partial charge on any atom is -0.381 e. The third kappa shape index (κ3) is 4.75. The summed E-state index contributed by atoms with van der Waals surface area (Å²) in [5.41, 5.74) is -0.691. The minimum absolute atomic E-state index is 0.0508. The fraction of sp³-hybridized carbons (Fsp3) is 0.550. The SMILES string of the molecule is Cn1cnc(S(=O)(=O)N2C[C@H]([C@@H]3CCCOC3)[C@@H](Nc3ccc(Cl)c(C(F)(F)F)c3)C2)c1. The number of hydrogen-bond acceptors (Lipinski definition) is 5. The zero-order valence-corrected chi connectivity index (χ0v) is 18.9. The number of rotatable bonds is 5. The number of hydrogen-bond donors (Lipinski definition) is 1. The standard InChI is InChI=1S/C20H24ClF3N4O3S/c1-27-10-19(25-12-27)32(29,30)28-8-15(13-3-2-6-31-11-13)18(9-28)26-14-4-5-17(21)16(7-14)20(22,23)24/h4-5,7,10,12-13,15,18,26H,2-3,6,8-9,11H2,1H3/t13-,15-,18+/m1/s1. The summed E-state index contributed by atoms with van der Waals surface area (Å²) in [7, 11) is -2.15. The van der Waals surface area contributed by atoms with Gasteiger partial charge in [0.05, 0.1) is 16.9 Å². The molecule has 0 saturated carbocycles. The zero-order valence-electron chi connectivity index (χ0n) is 17.3. The lowest BCUT2D eigenvalue weighted by Crippen LogP contribution is -2.36. The molecule has 1 aromatic heterocycles. The van der Waals surface area contributed by atoms with Crippen LogP contribution in [0.3, 0.4) is 0 Å².